The topological polar surface area (TPSA) is 36.4 Å². The van der Waals surface area contributed by atoms with E-state index in [1.807, 2.05) is 11.9 Å². The van der Waals surface area contributed by atoms with Crippen LogP contribution in [0.3, 0.4) is 0 Å². The smallest absolute Gasteiger partial charge is 0.151 e. The number of nitrogens with zero attached hydrogens (tertiary/aromatic N) is 2. The molecule has 1 heterocycles. The van der Waals surface area contributed by atoms with Gasteiger partial charge in [0.05, 0.1) is 11.6 Å². The number of rotatable bonds is 3. The zero-order valence-electron chi connectivity index (χ0n) is 11.3. The lowest BCUT2D eigenvalue weighted by Crippen LogP contribution is -2.12. The third kappa shape index (κ3) is 3.06. The largest absolute Gasteiger partial charge is 0.392 e. The highest BCUT2D eigenvalue weighted by molar-refractivity contribution is 6.33. The maximum absolute atomic E-state index is 9.07. The summed E-state index contributed by atoms with van der Waals surface area (Å²) >= 11 is 6.22. The summed E-state index contributed by atoms with van der Waals surface area (Å²) in [6.07, 6.45) is 1.64. The van der Waals surface area contributed by atoms with Gasteiger partial charge in [0, 0.05) is 18.9 Å². The van der Waals surface area contributed by atoms with Crippen molar-refractivity contribution in [2.24, 2.45) is 0 Å². The normalized spacial score (nSPS) is 10.6. The van der Waals surface area contributed by atoms with Crippen LogP contribution in [0, 0.1) is 13.8 Å². The number of aliphatic hydroxyl groups is 1. The van der Waals surface area contributed by atoms with E-state index < -0.39 is 0 Å². The molecule has 0 bridgehead atoms. The average molecular weight is 277 g/mol. The van der Waals surface area contributed by atoms with Crippen molar-refractivity contribution in [2.45, 2.75) is 20.5 Å². The van der Waals surface area contributed by atoms with Crippen LogP contribution in [-0.4, -0.2) is 17.1 Å². The van der Waals surface area contributed by atoms with E-state index in [9.17, 15) is 0 Å². The SMILES string of the molecule is Cc1cc(C)cc(N(C)c2ncc(CO)cc2Cl)c1. The van der Waals surface area contributed by atoms with Crippen LogP contribution in [-0.2, 0) is 6.61 Å². The summed E-state index contributed by atoms with van der Waals surface area (Å²) in [5.74, 6) is 0.684. The number of hydrogen-bond donors (Lipinski definition) is 1. The molecule has 0 aliphatic carbocycles. The predicted octanol–water partition coefficient (Wildman–Crippen LogP) is 3.61. The van der Waals surface area contributed by atoms with Gasteiger partial charge in [0.1, 0.15) is 0 Å². The summed E-state index contributed by atoms with van der Waals surface area (Å²) in [5, 5.41) is 9.60. The van der Waals surface area contributed by atoms with Crippen molar-refractivity contribution in [1.82, 2.24) is 4.98 Å². The van der Waals surface area contributed by atoms with E-state index in [2.05, 4.69) is 37.0 Å². The summed E-state index contributed by atoms with van der Waals surface area (Å²) in [4.78, 5) is 6.27. The molecule has 100 valence electrons. The van der Waals surface area contributed by atoms with Crippen LogP contribution in [0.25, 0.3) is 0 Å². The molecule has 19 heavy (non-hydrogen) atoms. The fourth-order valence-electron chi connectivity index (χ4n) is 2.07. The minimum Gasteiger partial charge on any atom is -0.392 e. The molecule has 0 fully saturated rings. The molecule has 0 unspecified atom stereocenters. The average Bonchev–Trinajstić information content (AvgIpc) is 2.36. The molecule has 0 amide bonds. The molecule has 2 aromatic rings. The first-order chi connectivity index (χ1) is 9.01. The number of halogens is 1. The highest BCUT2D eigenvalue weighted by Crippen LogP contribution is 2.30. The second kappa shape index (κ2) is 5.59. The molecule has 0 spiro atoms. The Labute approximate surface area is 118 Å². The molecular formula is C15H17ClN2O. The van der Waals surface area contributed by atoms with E-state index in [4.69, 9.17) is 16.7 Å². The molecule has 0 radical (unpaired) electrons. The summed E-state index contributed by atoms with van der Waals surface area (Å²) in [6.45, 7) is 4.07. The third-order valence-corrected chi connectivity index (χ3v) is 3.25. The molecule has 1 aromatic carbocycles. The van der Waals surface area contributed by atoms with Crippen molar-refractivity contribution in [2.75, 3.05) is 11.9 Å². The Morgan fingerprint density at radius 3 is 2.32 bits per heavy atom. The van der Waals surface area contributed by atoms with Crippen LogP contribution < -0.4 is 4.90 Å². The number of aliphatic hydroxyl groups excluding tert-OH is 1. The molecule has 1 aromatic heterocycles. The maximum Gasteiger partial charge on any atom is 0.151 e. The molecule has 0 aliphatic heterocycles. The van der Waals surface area contributed by atoms with Crippen LogP contribution in [0.1, 0.15) is 16.7 Å². The van der Waals surface area contributed by atoms with Gasteiger partial charge < -0.3 is 10.0 Å². The van der Waals surface area contributed by atoms with Gasteiger partial charge in [0.25, 0.3) is 0 Å². The summed E-state index contributed by atoms with van der Waals surface area (Å²) in [6, 6.07) is 8.04. The Balaban J connectivity index is 2.40. The first-order valence-corrected chi connectivity index (χ1v) is 6.46. The van der Waals surface area contributed by atoms with Crippen molar-refractivity contribution < 1.29 is 5.11 Å². The number of benzene rings is 1. The lowest BCUT2D eigenvalue weighted by atomic mass is 10.1. The van der Waals surface area contributed by atoms with Gasteiger partial charge in [-0.3, -0.25) is 0 Å². The standard InChI is InChI=1S/C15H17ClN2O/c1-10-4-11(2)6-13(5-10)18(3)15-14(16)7-12(9-19)8-17-15/h4-8,19H,9H2,1-3H3. The minimum atomic E-state index is -0.0553. The number of aromatic nitrogens is 1. The summed E-state index contributed by atoms with van der Waals surface area (Å²) < 4.78 is 0. The summed E-state index contributed by atoms with van der Waals surface area (Å²) in [7, 11) is 1.93. The second-order valence-corrected chi connectivity index (χ2v) is 5.12. The Kier molecular flexibility index (Phi) is 4.08. The van der Waals surface area contributed by atoms with E-state index in [-0.39, 0.29) is 6.61 Å². The number of anilines is 2. The minimum absolute atomic E-state index is 0.0553. The number of aryl methyl sites for hydroxylation is 2. The van der Waals surface area contributed by atoms with Crippen molar-refractivity contribution in [3.8, 4) is 0 Å². The maximum atomic E-state index is 9.07. The van der Waals surface area contributed by atoms with Crippen LogP contribution in [0.4, 0.5) is 11.5 Å². The quantitative estimate of drug-likeness (QED) is 0.930. The fraction of sp³-hybridized carbons (Fsp3) is 0.267. The molecule has 0 atom stereocenters. The van der Waals surface area contributed by atoms with Gasteiger partial charge in [-0.05, 0) is 48.7 Å². The molecule has 2 rings (SSSR count). The number of pyridine rings is 1. The molecular weight excluding hydrogens is 260 g/mol. The first-order valence-electron chi connectivity index (χ1n) is 6.08. The highest BCUT2D eigenvalue weighted by atomic mass is 35.5. The van der Waals surface area contributed by atoms with Crippen LogP contribution in [0.2, 0.25) is 5.02 Å². The van der Waals surface area contributed by atoms with E-state index >= 15 is 0 Å². The van der Waals surface area contributed by atoms with E-state index in [0.29, 0.717) is 16.4 Å². The Morgan fingerprint density at radius 2 is 1.79 bits per heavy atom. The molecule has 0 saturated heterocycles. The lowest BCUT2D eigenvalue weighted by Gasteiger charge is -2.21. The van der Waals surface area contributed by atoms with E-state index in [1.165, 1.54) is 11.1 Å². The molecule has 0 saturated carbocycles. The predicted molar refractivity (Wildman–Crippen MR) is 79.1 cm³/mol. The molecule has 0 aliphatic rings. The van der Waals surface area contributed by atoms with Crippen molar-refractivity contribution in [3.05, 3.63) is 52.2 Å². The van der Waals surface area contributed by atoms with Crippen molar-refractivity contribution in [3.63, 3.8) is 0 Å². The number of hydrogen-bond acceptors (Lipinski definition) is 3. The van der Waals surface area contributed by atoms with Gasteiger partial charge >= 0.3 is 0 Å². The van der Waals surface area contributed by atoms with Gasteiger partial charge in [-0.2, -0.15) is 0 Å². The third-order valence-electron chi connectivity index (χ3n) is 2.97. The van der Waals surface area contributed by atoms with Gasteiger partial charge in [0.2, 0.25) is 0 Å². The first kappa shape index (κ1) is 13.8. The highest BCUT2D eigenvalue weighted by Gasteiger charge is 2.11. The van der Waals surface area contributed by atoms with Crippen molar-refractivity contribution in [1.29, 1.82) is 0 Å². The Morgan fingerprint density at radius 1 is 1.16 bits per heavy atom. The van der Waals surface area contributed by atoms with E-state index in [1.54, 1.807) is 12.3 Å². The van der Waals surface area contributed by atoms with Gasteiger partial charge in [0.15, 0.2) is 5.82 Å². The van der Waals surface area contributed by atoms with Gasteiger partial charge in [-0.1, -0.05) is 17.7 Å². The van der Waals surface area contributed by atoms with Gasteiger partial charge in [-0.25, -0.2) is 4.98 Å². The zero-order valence-corrected chi connectivity index (χ0v) is 12.1. The second-order valence-electron chi connectivity index (χ2n) is 4.71. The van der Waals surface area contributed by atoms with Crippen LogP contribution >= 0.6 is 11.6 Å². The van der Waals surface area contributed by atoms with Crippen LogP contribution in [0.15, 0.2) is 30.5 Å². The Bertz CT molecular complexity index is 578. The van der Waals surface area contributed by atoms with Crippen LogP contribution in [0.5, 0.6) is 0 Å². The lowest BCUT2D eigenvalue weighted by molar-refractivity contribution is 0.281. The molecule has 4 heteroatoms. The van der Waals surface area contributed by atoms with Crippen molar-refractivity contribution >= 4 is 23.1 Å². The monoisotopic (exact) mass is 276 g/mol. The molecule has 1 N–H and O–H groups in total. The van der Waals surface area contributed by atoms with E-state index in [0.717, 1.165) is 5.69 Å². The van der Waals surface area contributed by atoms with Gasteiger partial charge in [-0.15, -0.1) is 0 Å². The fourth-order valence-corrected chi connectivity index (χ4v) is 2.39. The summed E-state index contributed by atoms with van der Waals surface area (Å²) in [5.41, 5.74) is 4.15. The zero-order chi connectivity index (χ0) is 14.0. The molecule has 3 nitrogen and oxygen atoms in total. The Hall–Kier alpha value is -1.58.